The number of carboxylic acid groups (broad SMARTS) is 1. The number of carboxylic acids is 1. The summed E-state index contributed by atoms with van der Waals surface area (Å²) in [4.78, 5) is 17.0. The lowest BCUT2D eigenvalue weighted by Crippen LogP contribution is -2.21. The monoisotopic (exact) mass is 238 g/mol. The molecule has 2 rings (SSSR count). The number of aromatic nitrogens is 1. The minimum Gasteiger partial charge on any atom is -0.481 e. The summed E-state index contributed by atoms with van der Waals surface area (Å²) in [5, 5.41) is 8.56. The molecular formula is C12H18N2O3. The molecule has 2 heterocycles. The number of carbonyl (C=O) groups is 1. The van der Waals surface area contributed by atoms with Crippen molar-refractivity contribution >= 4 is 5.97 Å². The average Bonchev–Trinajstić information content (AvgIpc) is 2.95. The topological polar surface area (TPSA) is 66.6 Å². The summed E-state index contributed by atoms with van der Waals surface area (Å²) in [7, 11) is 0. The fraction of sp³-hybridized carbons (Fsp3) is 0.667. The van der Waals surface area contributed by atoms with Crippen LogP contribution in [0.3, 0.4) is 0 Å². The molecular weight excluding hydrogens is 220 g/mol. The summed E-state index contributed by atoms with van der Waals surface area (Å²) in [6.45, 7) is 3.33. The Bertz CT molecular complexity index is 370. The molecule has 0 atom stereocenters. The second-order valence-corrected chi connectivity index (χ2v) is 4.41. The van der Waals surface area contributed by atoms with Gasteiger partial charge in [-0.05, 0) is 25.9 Å². The zero-order chi connectivity index (χ0) is 12.1. The highest BCUT2D eigenvalue weighted by molar-refractivity contribution is 5.66. The Morgan fingerprint density at radius 3 is 2.88 bits per heavy atom. The zero-order valence-corrected chi connectivity index (χ0v) is 9.89. The smallest absolute Gasteiger partial charge is 0.303 e. The molecule has 0 radical (unpaired) electrons. The Balaban J connectivity index is 1.75. The van der Waals surface area contributed by atoms with Gasteiger partial charge in [-0.15, -0.1) is 0 Å². The Morgan fingerprint density at radius 1 is 1.41 bits per heavy atom. The van der Waals surface area contributed by atoms with Crippen LogP contribution in [0.15, 0.2) is 10.6 Å². The molecule has 1 aliphatic rings. The van der Waals surface area contributed by atoms with Crippen molar-refractivity contribution in [1.82, 2.24) is 9.88 Å². The van der Waals surface area contributed by atoms with Crippen LogP contribution in [-0.4, -0.2) is 40.6 Å². The SMILES string of the molecule is O=C(O)CCc1cnc(CCN2CCCC2)o1. The maximum atomic E-state index is 10.4. The zero-order valence-electron chi connectivity index (χ0n) is 9.89. The van der Waals surface area contributed by atoms with Gasteiger partial charge in [0.2, 0.25) is 0 Å². The summed E-state index contributed by atoms with van der Waals surface area (Å²) in [6, 6.07) is 0. The van der Waals surface area contributed by atoms with Crippen molar-refractivity contribution in [3.05, 3.63) is 17.8 Å². The Hall–Kier alpha value is -1.36. The number of aryl methyl sites for hydroxylation is 1. The van der Waals surface area contributed by atoms with Crippen LogP contribution in [0.4, 0.5) is 0 Å². The van der Waals surface area contributed by atoms with Gasteiger partial charge in [-0.3, -0.25) is 4.79 Å². The first-order valence-electron chi connectivity index (χ1n) is 6.12. The first kappa shape index (κ1) is 12.1. The number of hydrogen-bond acceptors (Lipinski definition) is 4. The number of nitrogens with zero attached hydrogens (tertiary/aromatic N) is 2. The molecule has 1 aromatic heterocycles. The number of oxazole rings is 1. The Morgan fingerprint density at radius 2 is 2.18 bits per heavy atom. The quantitative estimate of drug-likeness (QED) is 0.809. The van der Waals surface area contributed by atoms with Crippen molar-refractivity contribution in [1.29, 1.82) is 0 Å². The molecule has 1 aliphatic heterocycles. The van der Waals surface area contributed by atoms with E-state index < -0.39 is 5.97 Å². The largest absolute Gasteiger partial charge is 0.481 e. The van der Waals surface area contributed by atoms with E-state index in [4.69, 9.17) is 9.52 Å². The molecule has 0 aliphatic carbocycles. The second-order valence-electron chi connectivity index (χ2n) is 4.41. The maximum absolute atomic E-state index is 10.4. The molecule has 0 unspecified atom stereocenters. The Kier molecular flexibility index (Phi) is 4.14. The van der Waals surface area contributed by atoms with Crippen LogP contribution in [0, 0.1) is 0 Å². The molecule has 0 spiro atoms. The van der Waals surface area contributed by atoms with Crippen LogP contribution in [0.5, 0.6) is 0 Å². The molecule has 0 saturated carbocycles. The van der Waals surface area contributed by atoms with Crippen LogP contribution < -0.4 is 0 Å². The van der Waals surface area contributed by atoms with Gasteiger partial charge in [0.05, 0.1) is 12.6 Å². The third kappa shape index (κ3) is 3.85. The second kappa shape index (κ2) is 5.82. The van der Waals surface area contributed by atoms with Crippen molar-refractivity contribution in [2.45, 2.75) is 32.1 Å². The lowest BCUT2D eigenvalue weighted by molar-refractivity contribution is -0.137. The minimum absolute atomic E-state index is 0.0980. The average molecular weight is 238 g/mol. The lowest BCUT2D eigenvalue weighted by atomic mass is 10.3. The van der Waals surface area contributed by atoms with Crippen LogP contribution in [0.1, 0.15) is 30.9 Å². The van der Waals surface area contributed by atoms with Crippen molar-refractivity contribution in [2.24, 2.45) is 0 Å². The Labute approximate surface area is 100 Å². The van der Waals surface area contributed by atoms with Gasteiger partial charge in [-0.2, -0.15) is 0 Å². The number of aliphatic carboxylic acids is 1. The first-order valence-corrected chi connectivity index (χ1v) is 6.12. The lowest BCUT2D eigenvalue weighted by Gasteiger charge is -2.12. The van der Waals surface area contributed by atoms with Gasteiger partial charge < -0.3 is 14.4 Å². The number of hydrogen-bond donors (Lipinski definition) is 1. The predicted molar refractivity (Wildman–Crippen MR) is 61.8 cm³/mol. The highest BCUT2D eigenvalue weighted by Crippen LogP contribution is 2.10. The summed E-state index contributed by atoms with van der Waals surface area (Å²) in [5.74, 6) is 0.584. The third-order valence-electron chi connectivity index (χ3n) is 3.03. The van der Waals surface area contributed by atoms with E-state index in [1.54, 1.807) is 6.20 Å². The summed E-state index contributed by atoms with van der Waals surface area (Å²) in [5.41, 5.74) is 0. The first-order chi connectivity index (χ1) is 8.24. The molecule has 17 heavy (non-hydrogen) atoms. The summed E-state index contributed by atoms with van der Waals surface area (Å²) >= 11 is 0. The van der Waals surface area contributed by atoms with Gasteiger partial charge in [-0.25, -0.2) is 4.98 Å². The van der Waals surface area contributed by atoms with E-state index >= 15 is 0 Å². The minimum atomic E-state index is -0.806. The molecule has 0 aromatic carbocycles. The molecule has 1 N–H and O–H groups in total. The van der Waals surface area contributed by atoms with Gasteiger partial charge in [0, 0.05) is 19.4 Å². The van der Waals surface area contributed by atoms with Gasteiger partial charge in [0.1, 0.15) is 5.76 Å². The predicted octanol–water partition coefficient (Wildman–Crippen LogP) is 1.33. The van der Waals surface area contributed by atoms with Crippen molar-refractivity contribution in [3.63, 3.8) is 0 Å². The molecule has 1 saturated heterocycles. The van der Waals surface area contributed by atoms with Gasteiger partial charge in [-0.1, -0.05) is 0 Å². The van der Waals surface area contributed by atoms with Crippen LogP contribution >= 0.6 is 0 Å². The molecule has 5 heteroatoms. The van der Waals surface area contributed by atoms with Crippen molar-refractivity contribution in [3.8, 4) is 0 Å². The van der Waals surface area contributed by atoms with Crippen molar-refractivity contribution in [2.75, 3.05) is 19.6 Å². The molecule has 5 nitrogen and oxygen atoms in total. The normalized spacial score (nSPS) is 16.5. The van der Waals surface area contributed by atoms with E-state index in [9.17, 15) is 4.79 Å². The molecule has 0 amide bonds. The van der Waals surface area contributed by atoms with Crippen LogP contribution in [0.2, 0.25) is 0 Å². The van der Waals surface area contributed by atoms with E-state index in [0.29, 0.717) is 12.2 Å². The van der Waals surface area contributed by atoms with Gasteiger partial charge in [0.15, 0.2) is 5.89 Å². The van der Waals surface area contributed by atoms with E-state index in [-0.39, 0.29) is 6.42 Å². The standard InChI is InChI=1S/C12H18N2O3/c15-12(16)4-3-10-9-13-11(17-10)5-8-14-6-1-2-7-14/h9H,1-8H2,(H,15,16). The third-order valence-corrected chi connectivity index (χ3v) is 3.03. The molecule has 94 valence electrons. The van der Waals surface area contributed by atoms with E-state index in [1.165, 1.54) is 25.9 Å². The van der Waals surface area contributed by atoms with E-state index in [0.717, 1.165) is 18.9 Å². The van der Waals surface area contributed by atoms with E-state index in [2.05, 4.69) is 9.88 Å². The summed E-state index contributed by atoms with van der Waals surface area (Å²) in [6.07, 6.45) is 5.55. The highest BCUT2D eigenvalue weighted by Gasteiger charge is 2.12. The molecule has 1 aromatic rings. The fourth-order valence-corrected chi connectivity index (χ4v) is 2.07. The van der Waals surface area contributed by atoms with E-state index in [1.807, 2.05) is 0 Å². The van der Waals surface area contributed by atoms with Gasteiger partial charge in [0.25, 0.3) is 0 Å². The van der Waals surface area contributed by atoms with Gasteiger partial charge >= 0.3 is 5.97 Å². The maximum Gasteiger partial charge on any atom is 0.303 e. The van der Waals surface area contributed by atoms with Crippen LogP contribution in [-0.2, 0) is 17.6 Å². The highest BCUT2D eigenvalue weighted by atomic mass is 16.4. The van der Waals surface area contributed by atoms with Crippen LogP contribution in [0.25, 0.3) is 0 Å². The number of likely N-dealkylation sites (tertiary alicyclic amines) is 1. The molecule has 1 fully saturated rings. The van der Waals surface area contributed by atoms with Crippen molar-refractivity contribution < 1.29 is 14.3 Å². The fourth-order valence-electron chi connectivity index (χ4n) is 2.07. The molecule has 0 bridgehead atoms. The summed E-state index contributed by atoms with van der Waals surface area (Å²) < 4.78 is 5.49. The number of rotatable bonds is 6.